The molecule has 0 saturated carbocycles. The largest absolute Gasteiger partial charge is 0.320 e. The molecule has 0 aliphatic rings. The molecule has 2 N–H and O–H groups in total. The highest BCUT2D eigenvalue weighted by atomic mass is 14.8. The summed E-state index contributed by atoms with van der Waals surface area (Å²) in [4.78, 5) is 0. The van der Waals surface area contributed by atoms with Gasteiger partial charge in [-0.1, -0.05) is 6.92 Å². The average Bonchev–Trinajstić information content (AvgIpc) is 1.89. The number of nitrogens with one attached hydrogen (secondary N) is 2. The van der Waals surface area contributed by atoms with Gasteiger partial charge in [-0.2, -0.15) is 0 Å². The summed E-state index contributed by atoms with van der Waals surface area (Å²) in [7, 11) is 1.97. The van der Waals surface area contributed by atoms with Gasteiger partial charge in [0.1, 0.15) is 0 Å². The van der Waals surface area contributed by atoms with Gasteiger partial charge in [0.15, 0.2) is 0 Å². The van der Waals surface area contributed by atoms with E-state index < -0.39 is 0 Å². The minimum absolute atomic E-state index is 1.04. The zero-order chi connectivity index (χ0) is 6.95. The molecule has 0 aromatic carbocycles. The van der Waals surface area contributed by atoms with E-state index in [1.807, 2.05) is 7.05 Å². The van der Waals surface area contributed by atoms with Gasteiger partial charge in [0, 0.05) is 0 Å². The fraction of sp³-hybridized carbons (Fsp3) is 0.857. The first kappa shape index (κ1) is 8.92. The summed E-state index contributed by atoms with van der Waals surface area (Å²) >= 11 is 0. The van der Waals surface area contributed by atoms with Gasteiger partial charge in [0.25, 0.3) is 0 Å². The van der Waals surface area contributed by atoms with Crippen molar-refractivity contribution in [3.63, 3.8) is 0 Å². The Morgan fingerprint density at radius 2 is 2.22 bits per heavy atom. The van der Waals surface area contributed by atoms with Crippen LogP contribution in [0.4, 0.5) is 0 Å². The highest BCUT2D eigenvalue weighted by molar-refractivity contribution is 4.67. The Balaban J connectivity index is 2.60. The Kier molecular flexibility index (Phi) is 7.85. The first-order chi connectivity index (χ1) is 4.41. The van der Waals surface area contributed by atoms with Crippen LogP contribution >= 0.6 is 0 Å². The van der Waals surface area contributed by atoms with E-state index in [0.717, 1.165) is 26.1 Å². The van der Waals surface area contributed by atoms with Crippen LogP contribution < -0.4 is 10.6 Å². The van der Waals surface area contributed by atoms with Crippen molar-refractivity contribution in [2.45, 2.75) is 13.3 Å². The Labute approximate surface area is 58.0 Å². The normalized spacial score (nSPS) is 10.0. The lowest BCUT2D eigenvalue weighted by atomic mass is 10.3. The van der Waals surface area contributed by atoms with Crippen LogP contribution in [0.5, 0.6) is 0 Å². The molecule has 1 radical (unpaired) electrons. The molecule has 0 aliphatic carbocycles. The lowest BCUT2D eigenvalue weighted by molar-refractivity contribution is 0.712. The molecule has 0 aliphatic heterocycles. The minimum atomic E-state index is 1.04. The molecule has 0 aromatic rings. The quantitative estimate of drug-likeness (QED) is 0.508. The average molecular weight is 129 g/mol. The van der Waals surface area contributed by atoms with Crippen molar-refractivity contribution in [3.8, 4) is 0 Å². The van der Waals surface area contributed by atoms with Crippen molar-refractivity contribution < 1.29 is 0 Å². The second-order valence-corrected chi connectivity index (χ2v) is 1.99. The standard InChI is InChI=1S/C7H17N2/c1-3-9-7-5-4-6-8-2/h5,8-9H,3-4,6-7H2,1-2H3. The van der Waals surface area contributed by atoms with Crippen molar-refractivity contribution in [2.24, 2.45) is 0 Å². The molecule has 0 spiro atoms. The highest BCUT2D eigenvalue weighted by Gasteiger charge is 1.84. The molecule has 0 amide bonds. The summed E-state index contributed by atoms with van der Waals surface area (Å²) in [6, 6.07) is 0. The molecular weight excluding hydrogens is 112 g/mol. The summed E-state index contributed by atoms with van der Waals surface area (Å²) in [6.45, 7) is 5.31. The summed E-state index contributed by atoms with van der Waals surface area (Å²) in [5.74, 6) is 0. The van der Waals surface area contributed by atoms with E-state index in [2.05, 4.69) is 24.0 Å². The van der Waals surface area contributed by atoms with Crippen LogP contribution in [0, 0.1) is 6.42 Å². The number of rotatable bonds is 6. The third kappa shape index (κ3) is 7.92. The lowest BCUT2D eigenvalue weighted by Gasteiger charge is -1.99. The maximum atomic E-state index is 3.22. The van der Waals surface area contributed by atoms with Crippen molar-refractivity contribution >= 4 is 0 Å². The Hall–Kier alpha value is -0.0800. The molecule has 2 heteroatoms. The van der Waals surface area contributed by atoms with Gasteiger partial charge in [-0.25, -0.2) is 0 Å². The van der Waals surface area contributed by atoms with Crippen molar-refractivity contribution in [1.29, 1.82) is 0 Å². The van der Waals surface area contributed by atoms with Crippen molar-refractivity contribution in [1.82, 2.24) is 10.6 Å². The van der Waals surface area contributed by atoms with E-state index in [4.69, 9.17) is 0 Å². The molecule has 0 atom stereocenters. The van der Waals surface area contributed by atoms with Crippen LogP contribution in [-0.4, -0.2) is 26.7 Å². The van der Waals surface area contributed by atoms with Crippen LogP contribution in [0.25, 0.3) is 0 Å². The zero-order valence-corrected chi connectivity index (χ0v) is 6.41. The fourth-order valence-corrected chi connectivity index (χ4v) is 0.595. The fourth-order valence-electron chi connectivity index (χ4n) is 0.595. The van der Waals surface area contributed by atoms with Crippen LogP contribution in [-0.2, 0) is 0 Å². The van der Waals surface area contributed by atoms with Gasteiger partial charge in [0.2, 0.25) is 0 Å². The van der Waals surface area contributed by atoms with E-state index in [1.165, 1.54) is 0 Å². The Morgan fingerprint density at radius 1 is 1.44 bits per heavy atom. The maximum absolute atomic E-state index is 3.22. The molecule has 0 unspecified atom stereocenters. The topological polar surface area (TPSA) is 24.1 Å². The van der Waals surface area contributed by atoms with Gasteiger partial charge in [0.05, 0.1) is 0 Å². The summed E-state index contributed by atoms with van der Waals surface area (Å²) < 4.78 is 0. The highest BCUT2D eigenvalue weighted by Crippen LogP contribution is 1.80. The molecule has 0 fully saturated rings. The second kappa shape index (κ2) is 7.92. The van der Waals surface area contributed by atoms with Crippen LogP contribution in [0.1, 0.15) is 13.3 Å². The summed E-state index contributed by atoms with van der Waals surface area (Å²) in [5, 5.41) is 6.31. The maximum Gasteiger partial charge on any atom is -0.00170 e. The predicted octanol–water partition coefficient (Wildman–Crippen LogP) is 0.410. The third-order valence-electron chi connectivity index (χ3n) is 1.14. The van der Waals surface area contributed by atoms with E-state index in [0.29, 0.717) is 0 Å². The third-order valence-corrected chi connectivity index (χ3v) is 1.14. The first-order valence-corrected chi connectivity index (χ1v) is 3.58. The molecule has 0 saturated heterocycles. The van der Waals surface area contributed by atoms with Gasteiger partial charge < -0.3 is 10.6 Å². The molecule has 0 heterocycles. The van der Waals surface area contributed by atoms with E-state index in [1.54, 1.807) is 0 Å². The smallest absolute Gasteiger partial charge is 0.00170 e. The lowest BCUT2D eigenvalue weighted by Crippen LogP contribution is -2.16. The van der Waals surface area contributed by atoms with Crippen LogP contribution in [0.15, 0.2) is 0 Å². The zero-order valence-electron chi connectivity index (χ0n) is 6.41. The van der Waals surface area contributed by atoms with Gasteiger partial charge in [-0.15, -0.1) is 0 Å². The van der Waals surface area contributed by atoms with E-state index in [-0.39, 0.29) is 0 Å². The number of hydrogen-bond donors (Lipinski definition) is 2. The molecular formula is C7H17N2. The van der Waals surface area contributed by atoms with Crippen molar-refractivity contribution in [3.05, 3.63) is 6.42 Å². The van der Waals surface area contributed by atoms with E-state index in [9.17, 15) is 0 Å². The molecule has 0 rings (SSSR count). The molecule has 2 nitrogen and oxygen atoms in total. The molecule has 0 bridgehead atoms. The summed E-state index contributed by atoms with van der Waals surface area (Å²) in [5.41, 5.74) is 0. The molecule has 9 heavy (non-hydrogen) atoms. The van der Waals surface area contributed by atoms with Gasteiger partial charge in [-0.3, -0.25) is 0 Å². The number of unbranched alkanes of at least 4 members (excludes halogenated alkanes) is 1. The Morgan fingerprint density at radius 3 is 2.78 bits per heavy atom. The second-order valence-electron chi connectivity index (χ2n) is 1.99. The SMILES string of the molecule is CCNC[CH]CCNC. The van der Waals surface area contributed by atoms with Crippen molar-refractivity contribution in [2.75, 3.05) is 26.7 Å². The number of hydrogen-bond acceptors (Lipinski definition) is 2. The van der Waals surface area contributed by atoms with Gasteiger partial charge >= 0.3 is 0 Å². The van der Waals surface area contributed by atoms with Gasteiger partial charge in [-0.05, 0) is 39.5 Å². The first-order valence-electron chi connectivity index (χ1n) is 3.58. The molecule has 0 aromatic heterocycles. The monoisotopic (exact) mass is 129 g/mol. The van der Waals surface area contributed by atoms with Crippen LogP contribution in [0.3, 0.4) is 0 Å². The van der Waals surface area contributed by atoms with E-state index >= 15 is 0 Å². The molecule has 55 valence electrons. The summed E-state index contributed by atoms with van der Waals surface area (Å²) in [6.07, 6.45) is 3.41. The minimum Gasteiger partial charge on any atom is -0.320 e. The predicted molar refractivity (Wildman–Crippen MR) is 41.4 cm³/mol. The Bertz CT molecular complexity index is 40.2. The van der Waals surface area contributed by atoms with Crippen LogP contribution in [0.2, 0.25) is 0 Å².